The number of para-hydroxylation sites is 2. The number of hydrogen-bond acceptors (Lipinski definition) is 5. The number of amides is 3. The van der Waals surface area contributed by atoms with Crippen LogP contribution in [0.5, 0.6) is 11.5 Å². The van der Waals surface area contributed by atoms with E-state index in [1.54, 1.807) is 40.1 Å². The van der Waals surface area contributed by atoms with Crippen LogP contribution in [-0.2, 0) is 9.59 Å². The zero-order chi connectivity index (χ0) is 21.8. The highest BCUT2D eigenvalue weighted by Crippen LogP contribution is 2.31. The van der Waals surface area contributed by atoms with Crippen molar-refractivity contribution >= 4 is 33.7 Å². The van der Waals surface area contributed by atoms with E-state index in [0.29, 0.717) is 43.2 Å². The van der Waals surface area contributed by atoms with Gasteiger partial charge in [-0.25, -0.2) is 0 Å². The van der Waals surface area contributed by atoms with Crippen molar-refractivity contribution < 1.29 is 23.9 Å². The van der Waals surface area contributed by atoms with Crippen molar-refractivity contribution in [2.45, 2.75) is 6.10 Å². The number of hydrogen-bond donors (Lipinski definition) is 1. The molecule has 0 radical (unpaired) electrons. The molecule has 0 saturated carbocycles. The highest BCUT2D eigenvalue weighted by atomic mass is 79.9. The van der Waals surface area contributed by atoms with Gasteiger partial charge in [0.15, 0.2) is 11.5 Å². The minimum atomic E-state index is -0.693. The Hall–Kier alpha value is -3.07. The lowest BCUT2D eigenvalue weighted by molar-refractivity contribution is -0.146. The molecule has 31 heavy (non-hydrogen) atoms. The quantitative estimate of drug-likeness (QED) is 0.708. The number of halogens is 1. The van der Waals surface area contributed by atoms with E-state index in [2.05, 4.69) is 21.2 Å². The van der Waals surface area contributed by atoms with Crippen LogP contribution in [0.1, 0.15) is 10.4 Å². The third kappa shape index (κ3) is 4.99. The lowest BCUT2D eigenvalue weighted by Crippen LogP contribution is -2.56. The van der Waals surface area contributed by atoms with Crippen LogP contribution in [0.2, 0.25) is 0 Å². The Labute approximate surface area is 188 Å². The Kier molecular flexibility index (Phi) is 6.41. The Balaban J connectivity index is 1.24. The average molecular weight is 488 g/mol. The molecule has 8 nitrogen and oxygen atoms in total. The van der Waals surface area contributed by atoms with Gasteiger partial charge in [0, 0.05) is 36.2 Å². The maximum absolute atomic E-state index is 12.8. The predicted octanol–water partition coefficient (Wildman–Crippen LogP) is 1.69. The molecule has 0 aromatic heterocycles. The zero-order valence-corrected chi connectivity index (χ0v) is 18.3. The van der Waals surface area contributed by atoms with Crippen molar-refractivity contribution in [3.8, 4) is 11.5 Å². The molecule has 1 fully saturated rings. The maximum Gasteiger partial charge on any atom is 0.267 e. The summed E-state index contributed by atoms with van der Waals surface area (Å²) in [5, 5.41) is 2.65. The van der Waals surface area contributed by atoms with Crippen molar-refractivity contribution in [2.75, 3.05) is 39.3 Å². The Morgan fingerprint density at radius 2 is 1.68 bits per heavy atom. The molecule has 2 aromatic rings. The van der Waals surface area contributed by atoms with Gasteiger partial charge in [0.2, 0.25) is 12.0 Å². The third-order valence-electron chi connectivity index (χ3n) is 5.22. The number of carbonyl (C=O) groups excluding carboxylic acids is 3. The van der Waals surface area contributed by atoms with Gasteiger partial charge in [-0.1, -0.05) is 34.1 Å². The molecule has 162 valence electrons. The monoisotopic (exact) mass is 487 g/mol. The van der Waals surface area contributed by atoms with Gasteiger partial charge in [-0.2, -0.15) is 0 Å². The lowest BCUT2D eigenvalue weighted by Gasteiger charge is -2.37. The molecule has 0 spiro atoms. The summed E-state index contributed by atoms with van der Waals surface area (Å²) < 4.78 is 12.2. The van der Waals surface area contributed by atoms with E-state index >= 15 is 0 Å². The molecular formula is C22H22BrN3O5. The second-order valence-electron chi connectivity index (χ2n) is 7.26. The van der Waals surface area contributed by atoms with Gasteiger partial charge in [-0.05, 0) is 30.3 Å². The molecule has 1 atom stereocenters. The molecule has 2 heterocycles. The summed E-state index contributed by atoms with van der Waals surface area (Å²) >= 11 is 3.32. The molecule has 4 rings (SSSR count). The van der Waals surface area contributed by atoms with E-state index in [4.69, 9.17) is 9.47 Å². The van der Waals surface area contributed by atoms with E-state index in [1.165, 1.54) is 0 Å². The van der Waals surface area contributed by atoms with Gasteiger partial charge in [0.05, 0.1) is 6.54 Å². The number of benzene rings is 2. The van der Waals surface area contributed by atoms with Crippen LogP contribution in [0.4, 0.5) is 0 Å². The topological polar surface area (TPSA) is 88.2 Å². The fourth-order valence-electron chi connectivity index (χ4n) is 3.52. The number of fused-ring (bicyclic) bond motifs is 1. The Morgan fingerprint density at radius 3 is 2.42 bits per heavy atom. The van der Waals surface area contributed by atoms with Crippen molar-refractivity contribution in [1.82, 2.24) is 15.1 Å². The van der Waals surface area contributed by atoms with Gasteiger partial charge < -0.3 is 24.6 Å². The smallest absolute Gasteiger partial charge is 0.267 e. The maximum atomic E-state index is 12.8. The summed E-state index contributed by atoms with van der Waals surface area (Å²) in [6.07, 6.45) is -0.693. The van der Waals surface area contributed by atoms with Crippen molar-refractivity contribution in [3.05, 3.63) is 58.6 Å². The molecular weight excluding hydrogens is 466 g/mol. The standard InChI is InChI=1S/C22H22BrN3O5/c23-16-5-3-4-15(12-16)21(28)24-13-20(27)25-8-10-26(11-9-25)22(29)19-14-30-17-6-1-2-7-18(17)31-19/h1-7,12,19H,8-11,13-14H2,(H,24,28). The number of nitrogens with one attached hydrogen (secondary N) is 1. The first-order valence-corrected chi connectivity index (χ1v) is 10.8. The van der Waals surface area contributed by atoms with Crippen molar-refractivity contribution in [3.63, 3.8) is 0 Å². The predicted molar refractivity (Wildman–Crippen MR) is 116 cm³/mol. The number of rotatable bonds is 4. The van der Waals surface area contributed by atoms with Crippen LogP contribution in [0.15, 0.2) is 53.0 Å². The second kappa shape index (κ2) is 9.38. The molecule has 3 amide bonds. The highest BCUT2D eigenvalue weighted by molar-refractivity contribution is 9.10. The summed E-state index contributed by atoms with van der Waals surface area (Å²) in [5.41, 5.74) is 0.480. The molecule has 9 heteroatoms. The third-order valence-corrected chi connectivity index (χ3v) is 5.71. The SMILES string of the molecule is O=C(NCC(=O)N1CCN(C(=O)C2COc3ccccc3O2)CC1)c1cccc(Br)c1. The van der Waals surface area contributed by atoms with Crippen molar-refractivity contribution in [2.24, 2.45) is 0 Å². The van der Waals surface area contributed by atoms with E-state index in [9.17, 15) is 14.4 Å². The van der Waals surface area contributed by atoms with Crippen LogP contribution in [-0.4, -0.2) is 73.0 Å². The largest absolute Gasteiger partial charge is 0.485 e. The first-order valence-electron chi connectivity index (χ1n) is 10.00. The number of carbonyl (C=O) groups is 3. The summed E-state index contributed by atoms with van der Waals surface area (Å²) in [4.78, 5) is 40.8. The Morgan fingerprint density at radius 1 is 0.968 bits per heavy atom. The fourth-order valence-corrected chi connectivity index (χ4v) is 3.92. The van der Waals surface area contributed by atoms with Crippen LogP contribution < -0.4 is 14.8 Å². The number of nitrogens with zero attached hydrogens (tertiary/aromatic N) is 2. The number of ether oxygens (including phenoxy) is 2. The highest BCUT2D eigenvalue weighted by Gasteiger charge is 2.33. The summed E-state index contributed by atoms with van der Waals surface area (Å²) in [6, 6.07) is 14.2. The zero-order valence-electron chi connectivity index (χ0n) is 16.8. The van der Waals surface area contributed by atoms with Crippen LogP contribution in [0.3, 0.4) is 0 Å². The molecule has 2 aliphatic rings. The van der Waals surface area contributed by atoms with Crippen molar-refractivity contribution in [1.29, 1.82) is 0 Å². The van der Waals surface area contributed by atoms with E-state index in [-0.39, 0.29) is 30.9 Å². The van der Waals surface area contributed by atoms with Crippen LogP contribution in [0.25, 0.3) is 0 Å². The minimum absolute atomic E-state index is 0.0876. The van der Waals surface area contributed by atoms with Gasteiger partial charge in [0.25, 0.3) is 11.8 Å². The lowest BCUT2D eigenvalue weighted by atomic mass is 10.2. The van der Waals surface area contributed by atoms with Gasteiger partial charge in [0.1, 0.15) is 6.61 Å². The molecule has 0 aliphatic carbocycles. The van der Waals surface area contributed by atoms with Gasteiger partial charge >= 0.3 is 0 Å². The molecule has 1 saturated heterocycles. The molecule has 1 N–H and O–H groups in total. The van der Waals surface area contributed by atoms with E-state index in [0.717, 1.165) is 4.47 Å². The Bertz CT molecular complexity index is 991. The van der Waals surface area contributed by atoms with Crippen LogP contribution in [0, 0.1) is 0 Å². The molecule has 2 aliphatic heterocycles. The second-order valence-corrected chi connectivity index (χ2v) is 8.18. The minimum Gasteiger partial charge on any atom is -0.485 e. The van der Waals surface area contributed by atoms with Gasteiger partial charge in [-0.3, -0.25) is 14.4 Å². The van der Waals surface area contributed by atoms with Crippen LogP contribution >= 0.6 is 15.9 Å². The normalized spacial score (nSPS) is 17.8. The average Bonchev–Trinajstić information content (AvgIpc) is 2.81. The van der Waals surface area contributed by atoms with E-state index < -0.39 is 6.10 Å². The molecule has 2 aromatic carbocycles. The summed E-state index contributed by atoms with van der Waals surface area (Å²) in [5.74, 6) is 0.554. The number of piperazine rings is 1. The summed E-state index contributed by atoms with van der Waals surface area (Å²) in [7, 11) is 0. The summed E-state index contributed by atoms with van der Waals surface area (Å²) in [6.45, 7) is 1.70. The molecule has 0 bridgehead atoms. The van der Waals surface area contributed by atoms with Gasteiger partial charge in [-0.15, -0.1) is 0 Å². The first kappa shape index (κ1) is 21.2. The fraction of sp³-hybridized carbons (Fsp3) is 0.318. The first-order chi connectivity index (χ1) is 15.0. The van der Waals surface area contributed by atoms with E-state index in [1.807, 2.05) is 18.2 Å². The molecule has 1 unspecified atom stereocenters.